The van der Waals surface area contributed by atoms with Crippen LogP contribution in [0.25, 0.3) is 0 Å². The van der Waals surface area contributed by atoms with Gasteiger partial charge in [-0.25, -0.2) is 4.79 Å². The average molecular weight is 157 g/mol. The van der Waals surface area contributed by atoms with Crippen LogP contribution >= 0.6 is 0 Å². The number of nitrogens with zero attached hydrogens (tertiary/aromatic N) is 1. The molecule has 1 heterocycles. The fourth-order valence-electron chi connectivity index (χ4n) is 0.534. The minimum absolute atomic E-state index is 0.359. The molecule has 6 nitrogen and oxygen atoms in total. The van der Waals surface area contributed by atoms with E-state index in [9.17, 15) is 14.9 Å². The van der Waals surface area contributed by atoms with Crippen molar-refractivity contribution < 1.29 is 19.2 Å². The van der Waals surface area contributed by atoms with Crippen molar-refractivity contribution in [1.29, 1.82) is 0 Å². The predicted octanol–water partition coefficient (Wildman–Crippen LogP) is 0.886. The van der Waals surface area contributed by atoms with Crippen molar-refractivity contribution in [3.8, 4) is 0 Å². The quantitative estimate of drug-likeness (QED) is 0.508. The van der Waals surface area contributed by atoms with E-state index >= 15 is 0 Å². The van der Waals surface area contributed by atoms with E-state index in [4.69, 9.17) is 5.11 Å². The van der Waals surface area contributed by atoms with Crippen LogP contribution in [0.3, 0.4) is 0 Å². The van der Waals surface area contributed by atoms with Gasteiger partial charge in [0.1, 0.15) is 0 Å². The van der Waals surface area contributed by atoms with Gasteiger partial charge in [0.25, 0.3) is 0 Å². The van der Waals surface area contributed by atoms with E-state index in [1.807, 2.05) is 0 Å². The molecule has 0 aromatic carbocycles. The minimum Gasteiger partial charge on any atom is -0.475 e. The number of furan rings is 1. The number of hydrogen-bond acceptors (Lipinski definition) is 4. The Labute approximate surface area is 60.2 Å². The number of rotatable bonds is 2. The summed E-state index contributed by atoms with van der Waals surface area (Å²) < 4.78 is 4.35. The lowest BCUT2D eigenvalue weighted by atomic mass is 10.4. The van der Waals surface area contributed by atoms with E-state index in [0.29, 0.717) is 0 Å². The Hall–Kier alpha value is -1.85. The van der Waals surface area contributed by atoms with E-state index in [1.165, 1.54) is 0 Å². The molecule has 0 atom stereocenters. The first-order valence-electron chi connectivity index (χ1n) is 2.57. The Kier molecular flexibility index (Phi) is 1.59. The van der Waals surface area contributed by atoms with Gasteiger partial charge in [-0.1, -0.05) is 0 Å². The Morgan fingerprint density at radius 2 is 2.36 bits per heavy atom. The van der Waals surface area contributed by atoms with E-state index in [2.05, 4.69) is 4.42 Å². The van der Waals surface area contributed by atoms with Gasteiger partial charge in [-0.15, -0.1) is 0 Å². The van der Waals surface area contributed by atoms with Gasteiger partial charge in [0.15, 0.2) is 6.26 Å². The maximum absolute atomic E-state index is 10.1. The van der Waals surface area contributed by atoms with Gasteiger partial charge in [0.2, 0.25) is 5.76 Å². The smallest absolute Gasteiger partial charge is 0.372 e. The van der Waals surface area contributed by atoms with Gasteiger partial charge in [-0.2, -0.15) is 0 Å². The third kappa shape index (κ3) is 1.34. The van der Waals surface area contributed by atoms with Gasteiger partial charge >= 0.3 is 11.7 Å². The monoisotopic (exact) mass is 157 g/mol. The maximum atomic E-state index is 10.1. The van der Waals surface area contributed by atoms with Crippen LogP contribution in [0.2, 0.25) is 0 Å². The second-order valence-electron chi connectivity index (χ2n) is 1.73. The minimum atomic E-state index is -1.32. The first kappa shape index (κ1) is 7.26. The number of carbonyl (C=O) groups is 1. The summed E-state index contributed by atoms with van der Waals surface area (Å²) in [6.07, 6.45) is 0.781. The molecule has 0 saturated carbocycles. The Bertz CT molecular complexity index is 273. The molecular weight excluding hydrogens is 154 g/mol. The van der Waals surface area contributed by atoms with Crippen LogP contribution in [-0.2, 0) is 0 Å². The average Bonchev–Trinajstić information content (AvgIpc) is 2.33. The molecule has 0 bridgehead atoms. The maximum Gasteiger partial charge on any atom is 0.372 e. The summed E-state index contributed by atoms with van der Waals surface area (Å²) in [5.74, 6) is -1.75. The summed E-state index contributed by atoms with van der Waals surface area (Å²) in [7, 11) is 0. The van der Waals surface area contributed by atoms with Gasteiger partial charge in [0, 0.05) is 0 Å². The first-order chi connectivity index (χ1) is 5.11. The van der Waals surface area contributed by atoms with Crippen molar-refractivity contribution in [2.75, 3.05) is 0 Å². The van der Waals surface area contributed by atoms with Crippen LogP contribution in [0.5, 0.6) is 0 Å². The van der Waals surface area contributed by atoms with Gasteiger partial charge < -0.3 is 9.52 Å². The van der Waals surface area contributed by atoms with E-state index < -0.39 is 16.7 Å². The summed E-state index contributed by atoms with van der Waals surface area (Å²) >= 11 is 0. The Balaban J connectivity index is 2.99. The third-order valence-electron chi connectivity index (χ3n) is 1.01. The summed E-state index contributed by atoms with van der Waals surface area (Å²) in [5, 5.41) is 18.3. The third-order valence-corrected chi connectivity index (χ3v) is 1.01. The number of hydrogen-bond donors (Lipinski definition) is 1. The normalized spacial score (nSPS) is 9.45. The fourth-order valence-corrected chi connectivity index (χ4v) is 0.534. The van der Waals surface area contributed by atoms with E-state index in [0.717, 1.165) is 12.3 Å². The van der Waals surface area contributed by atoms with Crippen molar-refractivity contribution in [1.82, 2.24) is 0 Å². The van der Waals surface area contributed by atoms with Crippen LogP contribution in [0, 0.1) is 10.1 Å². The molecule has 58 valence electrons. The molecule has 0 spiro atoms. The van der Waals surface area contributed by atoms with Gasteiger partial charge in [-0.05, 0) is 0 Å². The number of carboxylic acid groups (broad SMARTS) is 1. The number of aromatic carboxylic acids is 1. The zero-order valence-electron chi connectivity index (χ0n) is 5.18. The molecule has 11 heavy (non-hydrogen) atoms. The topological polar surface area (TPSA) is 93.6 Å². The first-order valence-corrected chi connectivity index (χ1v) is 2.57. The highest BCUT2D eigenvalue weighted by molar-refractivity contribution is 5.85. The second kappa shape index (κ2) is 2.41. The lowest BCUT2D eigenvalue weighted by Crippen LogP contribution is -1.92. The van der Waals surface area contributed by atoms with Crippen molar-refractivity contribution in [2.45, 2.75) is 0 Å². The molecule has 0 aliphatic heterocycles. The summed E-state index contributed by atoms with van der Waals surface area (Å²) in [6, 6.07) is 0.850. The Morgan fingerprint density at radius 1 is 1.73 bits per heavy atom. The number of nitro groups is 1. The highest BCUT2D eigenvalue weighted by Gasteiger charge is 2.15. The van der Waals surface area contributed by atoms with Gasteiger partial charge in [0.05, 0.1) is 11.0 Å². The van der Waals surface area contributed by atoms with E-state index in [1.54, 1.807) is 0 Å². The van der Waals surface area contributed by atoms with Gasteiger partial charge in [-0.3, -0.25) is 10.1 Å². The second-order valence-corrected chi connectivity index (χ2v) is 1.73. The lowest BCUT2D eigenvalue weighted by molar-refractivity contribution is -0.385. The molecule has 1 aromatic heterocycles. The molecule has 1 aromatic rings. The molecule has 0 amide bonds. The van der Waals surface area contributed by atoms with Crippen LogP contribution in [0.4, 0.5) is 5.69 Å². The van der Waals surface area contributed by atoms with E-state index in [-0.39, 0.29) is 5.69 Å². The summed E-state index contributed by atoms with van der Waals surface area (Å²) in [4.78, 5) is 19.4. The zero-order chi connectivity index (χ0) is 8.43. The molecule has 1 N–H and O–H groups in total. The molecule has 0 radical (unpaired) electrons. The molecule has 1 rings (SSSR count). The molecule has 0 saturated heterocycles. The molecule has 0 fully saturated rings. The van der Waals surface area contributed by atoms with Crippen molar-refractivity contribution >= 4 is 11.7 Å². The molecule has 0 unspecified atom stereocenters. The number of carboxylic acids is 1. The SMILES string of the molecule is O=C(O)c1cc([N+](=O)[O-])co1. The Morgan fingerprint density at radius 3 is 2.64 bits per heavy atom. The zero-order valence-corrected chi connectivity index (χ0v) is 5.18. The molecule has 6 heteroatoms. The summed E-state index contributed by atoms with van der Waals surface area (Å²) in [5.41, 5.74) is -0.359. The molecular formula is C5H3NO5. The molecule has 0 aliphatic rings. The van der Waals surface area contributed by atoms with Crippen LogP contribution < -0.4 is 0 Å². The lowest BCUT2D eigenvalue weighted by Gasteiger charge is -1.79. The van der Waals surface area contributed by atoms with Crippen molar-refractivity contribution in [3.05, 3.63) is 28.2 Å². The van der Waals surface area contributed by atoms with Crippen LogP contribution in [0.1, 0.15) is 10.6 Å². The van der Waals surface area contributed by atoms with Crippen molar-refractivity contribution in [3.63, 3.8) is 0 Å². The standard InChI is InChI=1S/C5H3NO5/c7-5(8)4-1-3(2-11-4)6(9)10/h1-2H,(H,7,8). The fraction of sp³-hybridized carbons (Fsp3) is 0. The highest BCUT2D eigenvalue weighted by Crippen LogP contribution is 2.14. The molecule has 0 aliphatic carbocycles. The largest absolute Gasteiger partial charge is 0.475 e. The highest BCUT2D eigenvalue weighted by atomic mass is 16.6. The predicted molar refractivity (Wildman–Crippen MR) is 32.3 cm³/mol. The van der Waals surface area contributed by atoms with Crippen LogP contribution in [0.15, 0.2) is 16.7 Å². The van der Waals surface area contributed by atoms with Crippen LogP contribution in [-0.4, -0.2) is 16.0 Å². The summed E-state index contributed by atoms with van der Waals surface area (Å²) in [6.45, 7) is 0. The van der Waals surface area contributed by atoms with Crippen molar-refractivity contribution in [2.24, 2.45) is 0 Å².